The van der Waals surface area contributed by atoms with E-state index in [0.717, 1.165) is 0 Å². The molecular weight excluding hydrogens is 301 g/mol. The molecule has 1 unspecified atom stereocenters. The van der Waals surface area contributed by atoms with Crippen LogP contribution in [-0.4, -0.2) is 47.8 Å². The van der Waals surface area contributed by atoms with Crippen molar-refractivity contribution in [2.75, 3.05) is 19.6 Å². The molecule has 1 aromatic rings. The van der Waals surface area contributed by atoms with Crippen molar-refractivity contribution in [2.24, 2.45) is 5.92 Å². The molecular formula is C14H19F3N2O3. The quantitative estimate of drug-likeness (QED) is 0.863. The Morgan fingerprint density at radius 2 is 2.14 bits per heavy atom. The third-order valence-electron chi connectivity index (χ3n) is 3.82. The first kappa shape index (κ1) is 16.8. The molecule has 1 aliphatic rings. The molecule has 0 saturated carbocycles. The van der Waals surface area contributed by atoms with E-state index in [1.54, 1.807) is 17.0 Å². The number of furan rings is 1. The van der Waals surface area contributed by atoms with Crippen molar-refractivity contribution in [3.8, 4) is 0 Å². The first-order valence-electron chi connectivity index (χ1n) is 7.12. The van der Waals surface area contributed by atoms with Gasteiger partial charge in [0.2, 0.25) is 5.91 Å². The molecule has 0 spiro atoms. The van der Waals surface area contributed by atoms with E-state index >= 15 is 0 Å². The van der Waals surface area contributed by atoms with E-state index in [1.165, 1.54) is 6.26 Å². The molecule has 0 aliphatic carbocycles. The number of carbonyl (C=O) groups excluding carboxylic acids is 1. The lowest BCUT2D eigenvalue weighted by Gasteiger charge is -2.34. The molecule has 5 nitrogen and oxygen atoms in total. The fourth-order valence-corrected chi connectivity index (χ4v) is 2.55. The van der Waals surface area contributed by atoms with Gasteiger partial charge in [0.15, 0.2) is 6.10 Å². The SMILES string of the molecule is O=C(CN1CCC(C(O)C(F)(F)F)CC1)NCc1ccco1. The summed E-state index contributed by atoms with van der Waals surface area (Å²) in [4.78, 5) is 13.5. The molecule has 0 radical (unpaired) electrons. The minimum absolute atomic E-state index is 0.134. The van der Waals surface area contributed by atoms with Crippen molar-refractivity contribution in [3.63, 3.8) is 0 Å². The largest absolute Gasteiger partial charge is 0.467 e. The topological polar surface area (TPSA) is 65.7 Å². The van der Waals surface area contributed by atoms with Crippen molar-refractivity contribution >= 4 is 5.91 Å². The summed E-state index contributed by atoms with van der Waals surface area (Å²) in [6.07, 6.45) is -4.88. The number of hydrogen-bond donors (Lipinski definition) is 2. The predicted molar refractivity (Wildman–Crippen MR) is 71.8 cm³/mol. The van der Waals surface area contributed by atoms with E-state index in [0.29, 0.717) is 18.8 Å². The van der Waals surface area contributed by atoms with Crippen LogP contribution in [0.3, 0.4) is 0 Å². The van der Waals surface area contributed by atoms with Crippen LogP contribution < -0.4 is 5.32 Å². The minimum Gasteiger partial charge on any atom is -0.467 e. The van der Waals surface area contributed by atoms with E-state index in [1.807, 2.05) is 0 Å². The number of nitrogens with one attached hydrogen (secondary N) is 1. The average molecular weight is 320 g/mol. The molecule has 1 aliphatic heterocycles. The second-order valence-electron chi connectivity index (χ2n) is 5.46. The van der Waals surface area contributed by atoms with Crippen LogP contribution in [0.15, 0.2) is 22.8 Å². The molecule has 2 N–H and O–H groups in total. The van der Waals surface area contributed by atoms with Crippen LogP contribution in [-0.2, 0) is 11.3 Å². The molecule has 1 atom stereocenters. The summed E-state index contributed by atoms with van der Waals surface area (Å²) in [6, 6.07) is 3.46. The zero-order valence-corrected chi connectivity index (χ0v) is 12.0. The van der Waals surface area contributed by atoms with Crippen molar-refractivity contribution in [1.29, 1.82) is 0 Å². The molecule has 1 aromatic heterocycles. The molecule has 2 heterocycles. The lowest BCUT2D eigenvalue weighted by molar-refractivity contribution is -0.223. The van der Waals surface area contributed by atoms with E-state index in [9.17, 15) is 23.1 Å². The predicted octanol–water partition coefficient (Wildman–Crippen LogP) is 1.53. The number of nitrogens with zero attached hydrogens (tertiary/aromatic N) is 1. The number of rotatable bonds is 5. The Hall–Kier alpha value is -1.54. The monoisotopic (exact) mass is 320 g/mol. The first-order chi connectivity index (χ1) is 10.4. The summed E-state index contributed by atoms with van der Waals surface area (Å²) in [7, 11) is 0. The Labute approximate surface area is 126 Å². The van der Waals surface area contributed by atoms with E-state index in [4.69, 9.17) is 4.42 Å². The highest BCUT2D eigenvalue weighted by Crippen LogP contribution is 2.31. The maximum Gasteiger partial charge on any atom is 0.414 e. The zero-order chi connectivity index (χ0) is 16.2. The van der Waals surface area contributed by atoms with Crippen LogP contribution in [0.4, 0.5) is 13.2 Å². The van der Waals surface area contributed by atoms with Crippen LogP contribution in [0.25, 0.3) is 0 Å². The summed E-state index contributed by atoms with van der Waals surface area (Å²) in [5.41, 5.74) is 0. The summed E-state index contributed by atoms with van der Waals surface area (Å²) in [6.45, 7) is 1.16. The van der Waals surface area contributed by atoms with Gasteiger partial charge in [-0.1, -0.05) is 0 Å². The Morgan fingerprint density at radius 1 is 1.45 bits per heavy atom. The average Bonchev–Trinajstić information content (AvgIpc) is 2.97. The summed E-state index contributed by atoms with van der Waals surface area (Å²) < 4.78 is 42.4. The van der Waals surface area contributed by atoms with Crippen molar-refractivity contribution < 1.29 is 27.5 Å². The molecule has 1 saturated heterocycles. The Balaban J connectivity index is 1.69. The van der Waals surface area contributed by atoms with Gasteiger partial charge in [-0.05, 0) is 44.0 Å². The molecule has 0 bridgehead atoms. The number of halogens is 3. The molecule has 8 heteroatoms. The number of piperidine rings is 1. The van der Waals surface area contributed by atoms with Gasteiger partial charge in [0.1, 0.15) is 5.76 Å². The highest BCUT2D eigenvalue weighted by atomic mass is 19.4. The highest BCUT2D eigenvalue weighted by molar-refractivity contribution is 5.77. The van der Waals surface area contributed by atoms with Crippen molar-refractivity contribution in [1.82, 2.24) is 10.2 Å². The van der Waals surface area contributed by atoms with Crippen LogP contribution in [0, 0.1) is 5.92 Å². The van der Waals surface area contributed by atoms with Crippen LogP contribution in [0.5, 0.6) is 0 Å². The Bertz CT molecular complexity index is 468. The number of likely N-dealkylation sites (tertiary alicyclic amines) is 1. The number of alkyl halides is 3. The van der Waals surface area contributed by atoms with Gasteiger partial charge in [-0.25, -0.2) is 0 Å². The standard InChI is InChI=1S/C14H19F3N2O3/c15-14(16,17)13(21)10-3-5-19(6-4-10)9-12(20)18-8-11-2-1-7-22-11/h1-2,7,10,13,21H,3-6,8-9H2,(H,18,20). The highest BCUT2D eigenvalue weighted by Gasteiger charge is 2.44. The van der Waals surface area contributed by atoms with Crippen molar-refractivity contribution in [2.45, 2.75) is 31.7 Å². The van der Waals surface area contributed by atoms with E-state index < -0.39 is 18.2 Å². The molecule has 1 fully saturated rings. The van der Waals surface area contributed by atoms with Crippen molar-refractivity contribution in [3.05, 3.63) is 24.2 Å². The Morgan fingerprint density at radius 3 is 2.68 bits per heavy atom. The van der Waals surface area contributed by atoms with Crippen LogP contribution in [0.2, 0.25) is 0 Å². The van der Waals surface area contributed by atoms with E-state index in [2.05, 4.69) is 5.32 Å². The van der Waals surface area contributed by atoms with Crippen LogP contribution in [0.1, 0.15) is 18.6 Å². The first-order valence-corrected chi connectivity index (χ1v) is 7.12. The number of hydrogen-bond acceptors (Lipinski definition) is 4. The fraction of sp³-hybridized carbons (Fsp3) is 0.643. The molecule has 0 aromatic carbocycles. The summed E-state index contributed by atoms with van der Waals surface area (Å²) in [5.74, 6) is -0.353. The molecule has 2 rings (SSSR count). The van der Waals surface area contributed by atoms with Gasteiger partial charge in [-0.3, -0.25) is 9.69 Å². The van der Waals surface area contributed by atoms with Gasteiger partial charge < -0.3 is 14.8 Å². The summed E-state index contributed by atoms with van der Waals surface area (Å²) in [5, 5.41) is 11.9. The van der Waals surface area contributed by atoms with Gasteiger partial charge in [-0.15, -0.1) is 0 Å². The number of aliphatic hydroxyl groups excluding tert-OH is 1. The second-order valence-corrected chi connectivity index (χ2v) is 5.46. The summed E-state index contributed by atoms with van der Waals surface area (Å²) >= 11 is 0. The number of aliphatic hydroxyl groups is 1. The van der Waals surface area contributed by atoms with E-state index in [-0.39, 0.29) is 31.8 Å². The lowest BCUT2D eigenvalue weighted by atomic mass is 9.91. The fourth-order valence-electron chi connectivity index (χ4n) is 2.55. The third-order valence-corrected chi connectivity index (χ3v) is 3.82. The Kier molecular flexibility index (Phi) is 5.47. The molecule has 1 amide bonds. The number of carbonyl (C=O) groups is 1. The van der Waals surface area contributed by atoms with Crippen LogP contribution >= 0.6 is 0 Å². The second kappa shape index (κ2) is 7.15. The van der Waals surface area contributed by atoms with Gasteiger partial charge in [-0.2, -0.15) is 13.2 Å². The smallest absolute Gasteiger partial charge is 0.414 e. The van der Waals surface area contributed by atoms with Gasteiger partial charge in [0.05, 0.1) is 19.4 Å². The number of amides is 1. The van der Waals surface area contributed by atoms with Gasteiger partial charge in [0, 0.05) is 0 Å². The zero-order valence-electron chi connectivity index (χ0n) is 12.0. The lowest BCUT2D eigenvalue weighted by Crippen LogP contribution is -2.46. The van der Waals surface area contributed by atoms with Gasteiger partial charge in [0.25, 0.3) is 0 Å². The van der Waals surface area contributed by atoms with Gasteiger partial charge >= 0.3 is 6.18 Å². The normalized spacial score (nSPS) is 19.1. The minimum atomic E-state index is -4.58. The maximum absolute atomic E-state index is 12.4. The molecule has 124 valence electrons. The molecule has 22 heavy (non-hydrogen) atoms. The maximum atomic E-state index is 12.4. The third kappa shape index (κ3) is 4.74.